The molecule has 0 radical (unpaired) electrons. The average molecular weight is 497 g/mol. The Morgan fingerprint density at radius 1 is 1.36 bits per heavy atom. The van der Waals surface area contributed by atoms with Crippen LogP contribution in [-0.4, -0.2) is 53.4 Å². The monoisotopic (exact) mass is 497 g/mol. The van der Waals surface area contributed by atoms with Crippen molar-refractivity contribution in [3.05, 3.63) is 48.3 Å². The van der Waals surface area contributed by atoms with Gasteiger partial charge in [-0.25, -0.2) is 0 Å². The number of guanidine groups is 1. The highest BCUT2D eigenvalue weighted by molar-refractivity contribution is 14.0. The molecular weight excluding hydrogens is 465 g/mol. The lowest BCUT2D eigenvalue weighted by atomic mass is 10.0. The summed E-state index contributed by atoms with van der Waals surface area (Å²) in [5, 5.41) is 7.78. The first kappa shape index (κ1) is 22.5. The van der Waals surface area contributed by atoms with Crippen molar-refractivity contribution in [1.29, 1.82) is 0 Å². The number of benzene rings is 1. The summed E-state index contributed by atoms with van der Waals surface area (Å²) >= 11 is 0. The molecule has 0 amide bonds. The van der Waals surface area contributed by atoms with Crippen LogP contribution >= 0.6 is 24.0 Å². The molecule has 1 N–H and O–H groups in total. The first-order valence-electron chi connectivity index (χ1n) is 9.82. The summed E-state index contributed by atoms with van der Waals surface area (Å²) in [7, 11) is 3.83. The fraction of sp³-hybridized carbons (Fsp3) is 0.524. The van der Waals surface area contributed by atoms with E-state index in [9.17, 15) is 0 Å². The van der Waals surface area contributed by atoms with E-state index in [0.717, 1.165) is 44.2 Å². The number of aliphatic imine (C=N–C) groups is 1. The van der Waals surface area contributed by atoms with E-state index >= 15 is 0 Å². The molecule has 2 unspecified atom stereocenters. The summed E-state index contributed by atoms with van der Waals surface area (Å²) in [5.74, 6) is 2.54. The van der Waals surface area contributed by atoms with Crippen molar-refractivity contribution in [3.63, 3.8) is 0 Å². The van der Waals surface area contributed by atoms with Gasteiger partial charge >= 0.3 is 0 Å². The van der Waals surface area contributed by atoms with Crippen LogP contribution in [0.15, 0.2) is 47.7 Å². The second kappa shape index (κ2) is 11.3. The Morgan fingerprint density at radius 2 is 2.14 bits per heavy atom. The summed E-state index contributed by atoms with van der Waals surface area (Å²) in [5.41, 5.74) is 1.31. The van der Waals surface area contributed by atoms with Gasteiger partial charge in [-0.15, -0.1) is 24.0 Å². The molecule has 1 aromatic carbocycles. The lowest BCUT2D eigenvalue weighted by Gasteiger charge is -2.24. The van der Waals surface area contributed by atoms with Crippen LogP contribution in [0.5, 0.6) is 5.75 Å². The summed E-state index contributed by atoms with van der Waals surface area (Å²) in [6.45, 7) is 4.98. The van der Waals surface area contributed by atoms with E-state index in [-0.39, 0.29) is 30.1 Å². The largest absolute Gasteiger partial charge is 0.489 e. The number of nitrogens with zero attached hydrogens (tertiary/aromatic N) is 4. The van der Waals surface area contributed by atoms with Gasteiger partial charge in [0.15, 0.2) is 5.96 Å². The lowest BCUT2D eigenvalue weighted by molar-refractivity contribution is 0.198. The van der Waals surface area contributed by atoms with Crippen molar-refractivity contribution in [3.8, 4) is 5.75 Å². The molecule has 0 spiro atoms. The van der Waals surface area contributed by atoms with E-state index in [4.69, 9.17) is 4.74 Å². The molecule has 3 rings (SSSR count). The van der Waals surface area contributed by atoms with E-state index in [1.807, 2.05) is 55.3 Å². The van der Waals surface area contributed by atoms with Gasteiger partial charge in [0.25, 0.3) is 0 Å². The first-order chi connectivity index (χ1) is 13.2. The molecule has 2 aromatic rings. The maximum atomic E-state index is 6.08. The number of nitrogens with one attached hydrogen (secondary N) is 1. The second-order valence-corrected chi connectivity index (χ2v) is 7.22. The van der Waals surface area contributed by atoms with Crippen molar-refractivity contribution in [2.24, 2.45) is 18.0 Å². The third-order valence-corrected chi connectivity index (χ3v) is 5.07. The first-order valence-corrected chi connectivity index (χ1v) is 9.82. The predicted molar refractivity (Wildman–Crippen MR) is 125 cm³/mol. The average Bonchev–Trinajstić information content (AvgIpc) is 3.31. The highest BCUT2D eigenvalue weighted by atomic mass is 127. The van der Waals surface area contributed by atoms with Gasteiger partial charge in [0.1, 0.15) is 11.9 Å². The quantitative estimate of drug-likeness (QED) is 0.362. The van der Waals surface area contributed by atoms with Crippen LogP contribution < -0.4 is 10.1 Å². The number of aromatic nitrogens is 2. The molecule has 1 fully saturated rings. The van der Waals surface area contributed by atoms with Crippen molar-refractivity contribution in [2.75, 3.05) is 26.7 Å². The van der Waals surface area contributed by atoms with Gasteiger partial charge in [0.05, 0.1) is 12.7 Å². The summed E-state index contributed by atoms with van der Waals surface area (Å²) in [4.78, 5) is 6.85. The van der Waals surface area contributed by atoms with Crippen LogP contribution in [0.3, 0.4) is 0 Å². The number of rotatable bonds is 7. The van der Waals surface area contributed by atoms with E-state index in [2.05, 4.69) is 33.4 Å². The number of aryl methyl sites for hydroxylation is 1. The summed E-state index contributed by atoms with van der Waals surface area (Å²) in [6.07, 6.45) is 7.43. The van der Waals surface area contributed by atoms with Gasteiger partial charge in [-0.2, -0.15) is 5.10 Å². The molecule has 0 aliphatic carbocycles. The number of halogens is 1. The van der Waals surface area contributed by atoms with Crippen LogP contribution in [-0.2, 0) is 13.5 Å². The third kappa shape index (κ3) is 6.39. The number of hydrogen-bond acceptors (Lipinski definition) is 3. The van der Waals surface area contributed by atoms with E-state index in [1.54, 1.807) is 0 Å². The van der Waals surface area contributed by atoms with Gasteiger partial charge in [-0.05, 0) is 42.9 Å². The Labute approximate surface area is 185 Å². The minimum atomic E-state index is 0. The number of likely N-dealkylation sites (tertiary alicyclic amines) is 1. The maximum absolute atomic E-state index is 6.08. The van der Waals surface area contributed by atoms with Crippen LogP contribution in [0.1, 0.15) is 25.3 Å². The zero-order valence-electron chi connectivity index (χ0n) is 17.0. The minimum Gasteiger partial charge on any atom is -0.489 e. The Kier molecular flexibility index (Phi) is 9.08. The maximum Gasteiger partial charge on any atom is 0.193 e. The van der Waals surface area contributed by atoms with Crippen LogP contribution in [0.2, 0.25) is 0 Å². The zero-order chi connectivity index (χ0) is 19.1. The minimum absolute atomic E-state index is 0. The molecule has 28 heavy (non-hydrogen) atoms. The van der Waals surface area contributed by atoms with E-state index in [1.165, 1.54) is 12.0 Å². The van der Waals surface area contributed by atoms with Gasteiger partial charge in [0.2, 0.25) is 0 Å². The summed E-state index contributed by atoms with van der Waals surface area (Å²) in [6, 6.07) is 10.0. The molecule has 0 bridgehead atoms. The Morgan fingerprint density at radius 3 is 2.79 bits per heavy atom. The molecule has 1 saturated heterocycles. The highest BCUT2D eigenvalue weighted by Crippen LogP contribution is 2.21. The standard InChI is InChI=1S/C21H31N5O.HI/c1-4-19(27-20-8-6-5-7-9-20)14-23-21(22-2)26-11-10-17(16-26)12-18-13-24-25(3)15-18;/h5-9,13,15,17,19H,4,10-12,14,16H2,1-3H3,(H,22,23);1H. The van der Waals surface area contributed by atoms with Gasteiger partial charge in [-0.3, -0.25) is 9.67 Å². The molecule has 154 valence electrons. The van der Waals surface area contributed by atoms with E-state index < -0.39 is 0 Å². The smallest absolute Gasteiger partial charge is 0.193 e. The van der Waals surface area contributed by atoms with Crippen molar-refractivity contribution < 1.29 is 4.74 Å². The number of para-hydroxylation sites is 1. The normalized spacial score (nSPS) is 17.9. The molecule has 0 saturated carbocycles. The van der Waals surface area contributed by atoms with Crippen molar-refractivity contribution in [1.82, 2.24) is 20.0 Å². The van der Waals surface area contributed by atoms with Crippen molar-refractivity contribution in [2.45, 2.75) is 32.3 Å². The van der Waals surface area contributed by atoms with Gasteiger partial charge < -0.3 is 15.0 Å². The predicted octanol–water partition coefficient (Wildman–Crippen LogP) is 3.34. The second-order valence-electron chi connectivity index (χ2n) is 7.22. The molecule has 7 heteroatoms. The molecule has 6 nitrogen and oxygen atoms in total. The SMILES string of the molecule is CCC(CNC(=NC)N1CCC(Cc2cnn(C)c2)C1)Oc1ccccc1.I. The Bertz CT molecular complexity index is 733. The molecule has 1 aliphatic rings. The fourth-order valence-corrected chi connectivity index (χ4v) is 3.60. The lowest BCUT2D eigenvalue weighted by Crippen LogP contribution is -2.44. The van der Waals surface area contributed by atoms with Crippen LogP contribution in [0.25, 0.3) is 0 Å². The third-order valence-electron chi connectivity index (χ3n) is 5.07. The van der Waals surface area contributed by atoms with Crippen molar-refractivity contribution >= 4 is 29.9 Å². The van der Waals surface area contributed by atoms with Gasteiger partial charge in [0, 0.05) is 33.4 Å². The highest BCUT2D eigenvalue weighted by Gasteiger charge is 2.25. The molecule has 1 aromatic heterocycles. The Balaban J connectivity index is 0.00000280. The molecule has 2 atom stereocenters. The number of hydrogen-bond donors (Lipinski definition) is 1. The molecular formula is C21H32IN5O. The Hall–Kier alpha value is -1.77. The molecule has 2 heterocycles. The number of ether oxygens (including phenoxy) is 1. The van der Waals surface area contributed by atoms with Crippen LogP contribution in [0.4, 0.5) is 0 Å². The van der Waals surface area contributed by atoms with Crippen LogP contribution in [0, 0.1) is 5.92 Å². The topological polar surface area (TPSA) is 54.7 Å². The van der Waals surface area contributed by atoms with E-state index in [0.29, 0.717) is 5.92 Å². The van der Waals surface area contributed by atoms with Gasteiger partial charge in [-0.1, -0.05) is 25.1 Å². The zero-order valence-corrected chi connectivity index (χ0v) is 19.4. The fourth-order valence-electron chi connectivity index (χ4n) is 3.60. The summed E-state index contributed by atoms with van der Waals surface area (Å²) < 4.78 is 7.95. The molecule has 1 aliphatic heterocycles.